The third-order valence-electron chi connectivity index (χ3n) is 4.31. The second-order valence-electron chi connectivity index (χ2n) is 5.55. The summed E-state index contributed by atoms with van der Waals surface area (Å²) in [5, 5.41) is 10.8. The summed E-state index contributed by atoms with van der Waals surface area (Å²) >= 11 is 0. The first-order valence-corrected chi connectivity index (χ1v) is 7.06. The van der Waals surface area contributed by atoms with Crippen LogP contribution in [0.15, 0.2) is 12.1 Å². The van der Waals surface area contributed by atoms with Crippen LogP contribution in [0.4, 0.5) is 5.69 Å². The molecule has 2 aliphatic heterocycles. The molecule has 5 nitrogen and oxygen atoms in total. The predicted molar refractivity (Wildman–Crippen MR) is 75.9 cm³/mol. The Hall–Kier alpha value is -1.59. The largest absolute Gasteiger partial charge is 0.493 e. The first kappa shape index (κ1) is 13.4. The Morgan fingerprint density at radius 1 is 1.55 bits per heavy atom. The quantitative estimate of drug-likeness (QED) is 0.799. The lowest BCUT2D eigenvalue weighted by molar-refractivity contribution is -0.116. The van der Waals surface area contributed by atoms with Gasteiger partial charge in [-0.2, -0.15) is 0 Å². The van der Waals surface area contributed by atoms with Crippen molar-refractivity contribution in [1.29, 1.82) is 0 Å². The van der Waals surface area contributed by atoms with Gasteiger partial charge < -0.3 is 20.5 Å². The van der Waals surface area contributed by atoms with E-state index in [0.717, 1.165) is 35.4 Å². The van der Waals surface area contributed by atoms with Crippen LogP contribution < -0.4 is 15.4 Å². The Kier molecular flexibility index (Phi) is 3.18. The van der Waals surface area contributed by atoms with Gasteiger partial charge in [0.25, 0.3) is 0 Å². The van der Waals surface area contributed by atoms with Crippen LogP contribution in [-0.4, -0.2) is 30.7 Å². The molecule has 0 bridgehead atoms. The van der Waals surface area contributed by atoms with Gasteiger partial charge in [-0.15, -0.1) is 0 Å². The van der Waals surface area contributed by atoms with Crippen molar-refractivity contribution in [2.24, 2.45) is 5.73 Å². The van der Waals surface area contributed by atoms with E-state index < -0.39 is 5.60 Å². The lowest BCUT2D eigenvalue weighted by Gasteiger charge is -2.29. The van der Waals surface area contributed by atoms with E-state index in [1.807, 2.05) is 12.1 Å². The maximum atomic E-state index is 12.0. The molecule has 1 amide bonds. The normalized spacial score (nSPS) is 24.6. The number of nitrogens with zero attached hydrogens (tertiary/aromatic N) is 1. The lowest BCUT2D eigenvalue weighted by atomic mass is 9.87. The summed E-state index contributed by atoms with van der Waals surface area (Å²) in [6.45, 7) is 2.96. The number of hydrogen-bond donors (Lipinski definition) is 2. The topological polar surface area (TPSA) is 75.8 Å². The smallest absolute Gasteiger partial charge is 0.223 e. The number of fused-ring (bicyclic) bond motifs is 3. The fraction of sp³-hybridized carbons (Fsp3) is 0.533. The first-order chi connectivity index (χ1) is 9.57. The molecule has 0 aliphatic carbocycles. The van der Waals surface area contributed by atoms with Gasteiger partial charge in [0.2, 0.25) is 5.91 Å². The van der Waals surface area contributed by atoms with E-state index in [2.05, 4.69) is 0 Å². The van der Waals surface area contributed by atoms with E-state index in [9.17, 15) is 9.90 Å². The number of carbonyl (C=O) groups is 1. The van der Waals surface area contributed by atoms with Crippen molar-refractivity contribution in [3.63, 3.8) is 0 Å². The SMILES string of the molecule is CC(=O)N1CCCC(O)(CN)c2ccc3c(c21)CCO3. The molecule has 1 unspecified atom stereocenters. The second kappa shape index (κ2) is 4.75. The number of rotatable bonds is 1. The molecule has 2 heterocycles. The Morgan fingerprint density at radius 2 is 2.35 bits per heavy atom. The van der Waals surface area contributed by atoms with Crippen LogP contribution in [0.5, 0.6) is 5.75 Å². The minimum absolute atomic E-state index is 0.00665. The molecule has 0 aromatic heterocycles. The number of carbonyl (C=O) groups excluding carboxylic acids is 1. The molecular weight excluding hydrogens is 256 g/mol. The number of benzene rings is 1. The molecular formula is C15H20N2O3. The average Bonchev–Trinajstić information content (AvgIpc) is 2.85. The van der Waals surface area contributed by atoms with E-state index in [1.165, 1.54) is 0 Å². The first-order valence-electron chi connectivity index (χ1n) is 7.06. The van der Waals surface area contributed by atoms with Gasteiger partial charge in [-0.25, -0.2) is 0 Å². The van der Waals surface area contributed by atoms with Crippen molar-refractivity contribution in [2.75, 3.05) is 24.6 Å². The Labute approximate surface area is 118 Å². The summed E-state index contributed by atoms with van der Waals surface area (Å²) in [5.41, 5.74) is 7.34. The van der Waals surface area contributed by atoms with Crippen LogP contribution in [0.2, 0.25) is 0 Å². The molecule has 0 saturated heterocycles. The minimum Gasteiger partial charge on any atom is -0.493 e. The molecule has 2 aliphatic rings. The maximum Gasteiger partial charge on any atom is 0.223 e. The molecule has 3 rings (SSSR count). The van der Waals surface area contributed by atoms with Crippen molar-refractivity contribution >= 4 is 11.6 Å². The summed E-state index contributed by atoms with van der Waals surface area (Å²) in [4.78, 5) is 13.7. The standard InChI is InChI=1S/C15H20N2O3/c1-10(18)17-7-2-6-15(19,9-16)12-3-4-13-11(14(12)17)5-8-20-13/h3-4,19H,2,5-9,16H2,1H3. The summed E-state index contributed by atoms with van der Waals surface area (Å²) in [6, 6.07) is 3.74. The summed E-state index contributed by atoms with van der Waals surface area (Å²) in [6.07, 6.45) is 2.07. The highest BCUT2D eigenvalue weighted by Gasteiger charge is 2.38. The zero-order valence-corrected chi connectivity index (χ0v) is 11.7. The number of amides is 1. The van der Waals surface area contributed by atoms with Gasteiger partial charge in [-0.1, -0.05) is 6.07 Å². The van der Waals surface area contributed by atoms with Crippen molar-refractivity contribution < 1.29 is 14.6 Å². The van der Waals surface area contributed by atoms with Crippen molar-refractivity contribution in [2.45, 2.75) is 31.8 Å². The number of hydrogen-bond acceptors (Lipinski definition) is 4. The molecule has 0 spiro atoms. The van der Waals surface area contributed by atoms with E-state index >= 15 is 0 Å². The maximum absolute atomic E-state index is 12.0. The van der Waals surface area contributed by atoms with E-state index in [4.69, 9.17) is 10.5 Å². The zero-order valence-electron chi connectivity index (χ0n) is 11.7. The molecule has 20 heavy (non-hydrogen) atoms. The zero-order chi connectivity index (χ0) is 14.3. The summed E-state index contributed by atoms with van der Waals surface area (Å²) in [7, 11) is 0. The van der Waals surface area contributed by atoms with E-state index in [-0.39, 0.29) is 12.5 Å². The van der Waals surface area contributed by atoms with E-state index in [1.54, 1.807) is 11.8 Å². The Balaban J connectivity index is 2.24. The van der Waals surface area contributed by atoms with Crippen LogP contribution in [0.25, 0.3) is 0 Å². The molecule has 1 atom stereocenters. The van der Waals surface area contributed by atoms with Gasteiger partial charge in [0.15, 0.2) is 0 Å². The number of anilines is 1. The van der Waals surface area contributed by atoms with Crippen molar-refractivity contribution in [1.82, 2.24) is 0 Å². The van der Waals surface area contributed by atoms with E-state index in [0.29, 0.717) is 19.6 Å². The van der Waals surface area contributed by atoms with Gasteiger partial charge in [0.05, 0.1) is 12.3 Å². The van der Waals surface area contributed by atoms with Crippen LogP contribution in [-0.2, 0) is 16.8 Å². The Bertz CT molecular complexity index is 558. The van der Waals surface area contributed by atoms with Gasteiger partial charge in [0, 0.05) is 37.6 Å². The molecule has 0 fully saturated rings. The third kappa shape index (κ3) is 1.89. The highest BCUT2D eigenvalue weighted by atomic mass is 16.5. The van der Waals surface area contributed by atoms with Crippen LogP contribution in [0.1, 0.15) is 30.9 Å². The number of nitrogens with two attached hydrogens (primary N) is 1. The Morgan fingerprint density at radius 3 is 3.05 bits per heavy atom. The molecule has 5 heteroatoms. The number of aliphatic hydroxyl groups is 1. The molecule has 1 aromatic rings. The predicted octanol–water partition coefficient (Wildman–Crippen LogP) is 0.914. The third-order valence-corrected chi connectivity index (χ3v) is 4.31. The fourth-order valence-electron chi connectivity index (χ4n) is 3.24. The lowest BCUT2D eigenvalue weighted by Crippen LogP contribution is -2.35. The number of ether oxygens (including phenoxy) is 1. The molecule has 3 N–H and O–H groups in total. The van der Waals surface area contributed by atoms with Gasteiger partial charge >= 0.3 is 0 Å². The molecule has 0 saturated carbocycles. The van der Waals surface area contributed by atoms with Crippen molar-refractivity contribution in [3.05, 3.63) is 23.3 Å². The summed E-state index contributed by atoms with van der Waals surface area (Å²) < 4.78 is 5.58. The van der Waals surface area contributed by atoms with Crippen LogP contribution in [0, 0.1) is 0 Å². The minimum atomic E-state index is -1.06. The van der Waals surface area contributed by atoms with Crippen LogP contribution >= 0.6 is 0 Å². The van der Waals surface area contributed by atoms with Crippen LogP contribution in [0.3, 0.4) is 0 Å². The highest BCUT2D eigenvalue weighted by Crippen LogP contribution is 2.44. The monoisotopic (exact) mass is 276 g/mol. The van der Waals surface area contributed by atoms with Gasteiger partial charge in [-0.05, 0) is 18.9 Å². The second-order valence-corrected chi connectivity index (χ2v) is 5.55. The molecule has 1 aromatic carbocycles. The van der Waals surface area contributed by atoms with Gasteiger partial charge in [0.1, 0.15) is 11.4 Å². The van der Waals surface area contributed by atoms with Gasteiger partial charge in [-0.3, -0.25) is 4.79 Å². The fourth-order valence-corrected chi connectivity index (χ4v) is 3.24. The van der Waals surface area contributed by atoms with Crippen molar-refractivity contribution in [3.8, 4) is 5.75 Å². The molecule has 0 radical (unpaired) electrons. The molecule has 108 valence electrons. The average molecular weight is 276 g/mol. The summed E-state index contributed by atoms with van der Waals surface area (Å²) in [5.74, 6) is 0.809. The highest BCUT2D eigenvalue weighted by molar-refractivity contribution is 5.94.